The molecule has 11 nitrogen and oxygen atoms in total. The molecule has 1 aromatic rings. The summed E-state index contributed by atoms with van der Waals surface area (Å²) in [7, 11) is -3.18. The summed E-state index contributed by atoms with van der Waals surface area (Å²) >= 11 is 0. The van der Waals surface area contributed by atoms with Crippen molar-refractivity contribution in [2.75, 3.05) is 62.7 Å². The zero-order valence-corrected chi connectivity index (χ0v) is 14.7. The molecule has 1 amide bonds. The van der Waals surface area contributed by atoms with Gasteiger partial charge in [0.25, 0.3) is 0 Å². The maximum Gasteiger partial charge on any atom is 0.440 e. The molecule has 3 heterocycles. The van der Waals surface area contributed by atoms with E-state index < -0.39 is 27.8 Å². The predicted octanol–water partition coefficient (Wildman–Crippen LogP) is -1.65. The van der Waals surface area contributed by atoms with E-state index in [0.717, 1.165) is 19.3 Å². The summed E-state index contributed by atoms with van der Waals surface area (Å²) in [6.07, 6.45) is 0.0706. The SMILES string of the molecule is CS(=O)(=O)CC1CN(CCN2CCN(c3noc(=O)[nH]3)CC2)C(=O)O1. The fraction of sp³-hybridized carbons (Fsp3) is 0.769. The number of ether oxygens (including phenoxy) is 1. The Labute approximate surface area is 144 Å². The largest absolute Gasteiger partial charge is 0.443 e. The van der Waals surface area contributed by atoms with Crippen LogP contribution in [0.25, 0.3) is 0 Å². The number of aromatic nitrogens is 2. The fourth-order valence-electron chi connectivity index (χ4n) is 2.99. The zero-order valence-electron chi connectivity index (χ0n) is 13.9. The molecular weight excluding hydrogens is 354 g/mol. The molecule has 0 saturated carbocycles. The Kier molecular flexibility index (Phi) is 4.99. The molecule has 0 bridgehead atoms. The number of H-pyrrole nitrogens is 1. The van der Waals surface area contributed by atoms with Crippen molar-refractivity contribution in [1.82, 2.24) is 19.9 Å². The minimum atomic E-state index is -3.18. The standard InChI is InChI=1S/C13H21N5O6S/c1-25(21,22)9-10-8-18(13(20)23-10)7-4-16-2-5-17(6-3-16)11-14-12(19)24-15-11/h10H,2-9H2,1H3,(H,14,15,19). The molecule has 0 radical (unpaired) electrons. The summed E-state index contributed by atoms with van der Waals surface area (Å²) in [4.78, 5) is 31.0. The average Bonchev–Trinajstić information content (AvgIpc) is 3.10. The van der Waals surface area contributed by atoms with Crippen LogP contribution in [0.4, 0.5) is 10.7 Å². The molecule has 2 saturated heterocycles. The van der Waals surface area contributed by atoms with Gasteiger partial charge in [0.2, 0.25) is 5.95 Å². The van der Waals surface area contributed by atoms with E-state index in [1.54, 1.807) is 0 Å². The summed E-state index contributed by atoms with van der Waals surface area (Å²) in [5, 5.41) is 3.67. The first-order chi connectivity index (χ1) is 11.8. The van der Waals surface area contributed by atoms with Gasteiger partial charge in [-0.15, -0.1) is 0 Å². The Hall–Kier alpha value is -2.08. The fourth-order valence-corrected chi connectivity index (χ4v) is 3.83. The molecule has 25 heavy (non-hydrogen) atoms. The van der Waals surface area contributed by atoms with Crippen LogP contribution in [0.1, 0.15) is 0 Å². The van der Waals surface area contributed by atoms with Crippen molar-refractivity contribution >= 4 is 21.9 Å². The third kappa shape index (κ3) is 4.72. The second-order valence-electron chi connectivity index (χ2n) is 6.29. The molecule has 2 fully saturated rings. The minimum Gasteiger partial charge on any atom is -0.443 e. The van der Waals surface area contributed by atoms with Gasteiger partial charge in [0.05, 0.1) is 12.3 Å². The molecule has 140 valence electrons. The average molecular weight is 375 g/mol. The first kappa shape index (κ1) is 17.7. The number of carbonyl (C=O) groups excluding carboxylic acids is 1. The number of piperazine rings is 1. The van der Waals surface area contributed by atoms with Crippen LogP contribution < -0.4 is 10.7 Å². The lowest BCUT2D eigenvalue weighted by Gasteiger charge is -2.34. The Morgan fingerprint density at radius 3 is 2.52 bits per heavy atom. The molecular formula is C13H21N5O6S. The second-order valence-corrected chi connectivity index (χ2v) is 8.48. The molecule has 1 N–H and O–H groups in total. The van der Waals surface area contributed by atoms with Crippen LogP contribution in [0, 0.1) is 0 Å². The lowest BCUT2D eigenvalue weighted by molar-refractivity contribution is 0.136. The molecule has 0 aliphatic carbocycles. The molecule has 2 aliphatic heterocycles. The Morgan fingerprint density at radius 1 is 1.20 bits per heavy atom. The number of nitrogens with one attached hydrogen (secondary N) is 1. The number of hydrogen-bond acceptors (Lipinski definition) is 9. The Morgan fingerprint density at radius 2 is 1.92 bits per heavy atom. The van der Waals surface area contributed by atoms with Gasteiger partial charge in [0, 0.05) is 45.5 Å². The number of carbonyl (C=O) groups is 1. The topological polar surface area (TPSA) is 129 Å². The van der Waals surface area contributed by atoms with E-state index in [-0.39, 0.29) is 5.75 Å². The van der Waals surface area contributed by atoms with Gasteiger partial charge < -0.3 is 14.5 Å². The van der Waals surface area contributed by atoms with E-state index in [4.69, 9.17) is 4.74 Å². The summed E-state index contributed by atoms with van der Waals surface area (Å²) < 4.78 is 32.2. The number of hydrogen-bond donors (Lipinski definition) is 1. The van der Waals surface area contributed by atoms with Gasteiger partial charge >= 0.3 is 11.8 Å². The lowest BCUT2D eigenvalue weighted by Crippen LogP contribution is -2.49. The normalized spacial score (nSPS) is 22.4. The van der Waals surface area contributed by atoms with E-state index in [9.17, 15) is 18.0 Å². The number of anilines is 1. The lowest BCUT2D eigenvalue weighted by atomic mass is 10.3. The number of sulfone groups is 1. The third-order valence-electron chi connectivity index (χ3n) is 4.23. The van der Waals surface area contributed by atoms with Crippen molar-refractivity contribution in [1.29, 1.82) is 0 Å². The van der Waals surface area contributed by atoms with Crippen molar-refractivity contribution in [2.24, 2.45) is 0 Å². The highest BCUT2D eigenvalue weighted by atomic mass is 32.2. The van der Waals surface area contributed by atoms with Crippen molar-refractivity contribution in [3.63, 3.8) is 0 Å². The number of aromatic amines is 1. The molecule has 2 aliphatic rings. The molecule has 0 aromatic carbocycles. The second kappa shape index (κ2) is 7.04. The van der Waals surface area contributed by atoms with Gasteiger partial charge in [0.1, 0.15) is 6.10 Å². The van der Waals surface area contributed by atoms with E-state index in [0.29, 0.717) is 38.7 Å². The number of amides is 1. The van der Waals surface area contributed by atoms with Crippen molar-refractivity contribution < 1.29 is 22.5 Å². The van der Waals surface area contributed by atoms with Crippen molar-refractivity contribution in [2.45, 2.75) is 6.10 Å². The van der Waals surface area contributed by atoms with Crippen LogP contribution in [0.5, 0.6) is 0 Å². The number of rotatable bonds is 6. The van der Waals surface area contributed by atoms with Gasteiger partial charge in [0.15, 0.2) is 9.84 Å². The minimum absolute atomic E-state index is 0.149. The maximum atomic E-state index is 11.8. The molecule has 12 heteroatoms. The highest BCUT2D eigenvalue weighted by Gasteiger charge is 2.33. The summed E-state index contributed by atoms with van der Waals surface area (Å²) in [5.74, 6) is -0.297. The van der Waals surface area contributed by atoms with Crippen LogP contribution in [-0.2, 0) is 14.6 Å². The van der Waals surface area contributed by atoms with E-state index >= 15 is 0 Å². The summed E-state index contributed by atoms with van der Waals surface area (Å²) in [6, 6.07) is 0. The van der Waals surface area contributed by atoms with E-state index in [2.05, 4.69) is 19.6 Å². The highest BCUT2D eigenvalue weighted by molar-refractivity contribution is 7.90. The van der Waals surface area contributed by atoms with Gasteiger partial charge in [-0.05, 0) is 5.16 Å². The summed E-state index contributed by atoms with van der Waals surface area (Å²) in [6.45, 7) is 4.33. The number of cyclic esters (lactones) is 1. The molecule has 1 aromatic heterocycles. The first-order valence-electron chi connectivity index (χ1n) is 7.97. The quantitative estimate of drug-likeness (QED) is 0.621. The molecule has 1 unspecified atom stereocenters. The Balaban J connectivity index is 1.42. The maximum absolute atomic E-state index is 11.8. The zero-order chi connectivity index (χ0) is 18.0. The van der Waals surface area contributed by atoms with Gasteiger partial charge in [-0.25, -0.2) is 18.0 Å². The van der Waals surface area contributed by atoms with Crippen LogP contribution in [0.15, 0.2) is 9.32 Å². The molecule has 1 atom stereocenters. The predicted molar refractivity (Wildman–Crippen MR) is 87.3 cm³/mol. The Bertz CT molecular complexity index is 766. The van der Waals surface area contributed by atoms with Crippen molar-refractivity contribution in [3.05, 3.63) is 10.6 Å². The molecule has 0 spiro atoms. The van der Waals surface area contributed by atoms with Crippen LogP contribution in [-0.4, -0.2) is 98.4 Å². The van der Waals surface area contributed by atoms with Crippen LogP contribution in [0.2, 0.25) is 0 Å². The van der Waals surface area contributed by atoms with E-state index in [1.807, 2.05) is 4.90 Å². The van der Waals surface area contributed by atoms with Crippen LogP contribution >= 0.6 is 0 Å². The highest BCUT2D eigenvalue weighted by Crippen LogP contribution is 2.14. The van der Waals surface area contributed by atoms with Gasteiger partial charge in [-0.2, -0.15) is 0 Å². The van der Waals surface area contributed by atoms with Gasteiger partial charge in [-0.3, -0.25) is 14.4 Å². The monoisotopic (exact) mass is 375 g/mol. The smallest absolute Gasteiger partial charge is 0.440 e. The van der Waals surface area contributed by atoms with E-state index in [1.165, 1.54) is 4.90 Å². The summed E-state index contributed by atoms with van der Waals surface area (Å²) in [5.41, 5.74) is 0. The molecule has 3 rings (SSSR count). The van der Waals surface area contributed by atoms with Gasteiger partial charge in [-0.1, -0.05) is 0 Å². The third-order valence-corrected chi connectivity index (χ3v) is 5.20. The number of nitrogens with zero attached hydrogens (tertiary/aromatic N) is 4. The first-order valence-corrected chi connectivity index (χ1v) is 10.0. The van der Waals surface area contributed by atoms with Crippen LogP contribution in [0.3, 0.4) is 0 Å². The van der Waals surface area contributed by atoms with Crippen molar-refractivity contribution in [3.8, 4) is 0 Å².